The lowest BCUT2D eigenvalue weighted by molar-refractivity contribution is 0.869. The van der Waals surface area contributed by atoms with Crippen LogP contribution in [-0.4, -0.2) is 9.97 Å². The molecule has 0 spiro atoms. The molecule has 2 rings (SSSR count). The van der Waals surface area contributed by atoms with Gasteiger partial charge in [-0.2, -0.15) is 5.26 Å². The van der Waals surface area contributed by atoms with Crippen molar-refractivity contribution < 1.29 is 0 Å². The molecule has 0 atom stereocenters. The van der Waals surface area contributed by atoms with Gasteiger partial charge in [-0.1, -0.05) is 32.0 Å². The average Bonchev–Trinajstić information content (AvgIpc) is 2.40. The standard InChI is InChI=1S/C14H14N4/c1-10(2)12-5-3-4-6-13(12)18-14-9-16-11(7-15)8-17-14/h3-6,8-10H,1-2H3,(H,17,18). The molecule has 4 nitrogen and oxygen atoms in total. The predicted molar refractivity (Wildman–Crippen MR) is 70.6 cm³/mol. The maximum atomic E-state index is 8.66. The highest BCUT2D eigenvalue weighted by atomic mass is 15.0. The van der Waals surface area contributed by atoms with Crippen LogP contribution in [0.3, 0.4) is 0 Å². The van der Waals surface area contributed by atoms with Gasteiger partial charge >= 0.3 is 0 Å². The monoisotopic (exact) mass is 238 g/mol. The minimum absolute atomic E-state index is 0.317. The van der Waals surface area contributed by atoms with Crippen LogP contribution in [0.25, 0.3) is 0 Å². The molecule has 0 bridgehead atoms. The van der Waals surface area contributed by atoms with Gasteiger partial charge in [-0.3, -0.25) is 0 Å². The highest BCUT2D eigenvalue weighted by molar-refractivity contribution is 5.60. The van der Waals surface area contributed by atoms with Crippen molar-refractivity contribution in [3.8, 4) is 6.07 Å². The molecule has 0 aliphatic carbocycles. The Morgan fingerprint density at radius 1 is 1.17 bits per heavy atom. The molecule has 0 fully saturated rings. The Morgan fingerprint density at radius 3 is 2.56 bits per heavy atom. The van der Waals surface area contributed by atoms with Crippen molar-refractivity contribution in [1.29, 1.82) is 5.26 Å². The first-order valence-corrected chi connectivity index (χ1v) is 5.79. The highest BCUT2D eigenvalue weighted by Crippen LogP contribution is 2.25. The third-order valence-corrected chi connectivity index (χ3v) is 2.61. The number of aromatic nitrogens is 2. The van der Waals surface area contributed by atoms with Gasteiger partial charge in [0.1, 0.15) is 11.9 Å². The minimum atomic E-state index is 0.317. The molecule has 2 aromatic rings. The second-order valence-electron chi connectivity index (χ2n) is 4.27. The van der Waals surface area contributed by atoms with Crippen LogP contribution < -0.4 is 5.32 Å². The van der Waals surface area contributed by atoms with E-state index in [0.29, 0.717) is 17.4 Å². The van der Waals surface area contributed by atoms with Gasteiger partial charge < -0.3 is 5.32 Å². The molecular formula is C14H14N4. The Kier molecular flexibility index (Phi) is 3.54. The van der Waals surface area contributed by atoms with E-state index < -0.39 is 0 Å². The molecule has 90 valence electrons. The number of para-hydroxylation sites is 1. The molecule has 1 heterocycles. The summed E-state index contributed by atoms with van der Waals surface area (Å²) in [5, 5.41) is 11.9. The van der Waals surface area contributed by atoms with E-state index in [-0.39, 0.29) is 0 Å². The lowest BCUT2D eigenvalue weighted by Gasteiger charge is -2.13. The quantitative estimate of drug-likeness (QED) is 0.891. The van der Waals surface area contributed by atoms with Crippen LogP contribution in [0, 0.1) is 11.3 Å². The normalized spacial score (nSPS) is 10.1. The van der Waals surface area contributed by atoms with Crippen molar-refractivity contribution >= 4 is 11.5 Å². The predicted octanol–water partition coefficient (Wildman–Crippen LogP) is 3.22. The van der Waals surface area contributed by atoms with Crippen molar-refractivity contribution in [2.24, 2.45) is 0 Å². The third-order valence-electron chi connectivity index (χ3n) is 2.61. The van der Waals surface area contributed by atoms with Crippen LogP contribution in [0.4, 0.5) is 11.5 Å². The topological polar surface area (TPSA) is 61.6 Å². The molecule has 0 radical (unpaired) electrons. The maximum absolute atomic E-state index is 8.66. The van der Waals surface area contributed by atoms with Gasteiger partial charge in [0.25, 0.3) is 0 Å². The smallest absolute Gasteiger partial charge is 0.158 e. The largest absolute Gasteiger partial charge is 0.339 e. The number of anilines is 2. The summed E-state index contributed by atoms with van der Waals surface area (Å²) < 4.78 is 0. The highest BCUT2D eigenvalue weighted by Gasteiger charge is 2.06. The molecule has 0 aliphatic heterocycles. The first-order chi connectivity index (χ1) is 8.70. The molecule has 1 N–H and O–H groups in total. The maximum Gasteiger partial charge on any atom is 0.158 e. The van der Waals surface area contributed by atoms with Gasteiger partial charge in [-0.05, 0) is 17.5 Å². The van der Waals surface area contributed by atoms with E-state index in [1.54, 1.807) is 6.20 Å². The van der Waals surface area contributed by atoms with Crippen LogP contribution in [-0.2, 0) is 0 Å². The molecule has 0 saturated heterocycles. The minimum Gasteiger partial charge on any atom is -0.339 e. The van der Waals surface area contributed by atoms with E-state index in [0.717, 1.165) is 5.69 Å². The Balaban J connectivity index is 2.26. The molecule has 0 aliphatic rings. The summed E-state index contributed by atoms with van der Waals surface area (Å²) in [6.07, 6.45) is 3.02. The van der Waals surface area contributed by atoms with Crippen LogP contribution >= 0.6 is 0 Å². The Morgan fingerprint density at radius 2 is 1.94 bits per heavy atom. The molecule has 0 unspecified atom stereocenters. The Bertz CT molecular complexity index is 567. The first kappa shape index (κ1) is 12.1. The van der Waals surface area contributed by atoms with Crippen LogP contribution in [0.5, 0.6) is 0 Å². The summed E-state index contributed by atoms with van der Waals surface area (Å²) >= 11 is 0. The van der Waals surface area contributed by atoms with Gasteiger partial charge in [0.15, 0.2) is 5.69 Å². The number of nitrogens with one attached hydrogen (secondary N) is 1. The number of rotatable bonds is 3. The van der Waals surface area contributed by atoms with E-state index in [1.807, 2.05) is 24.3 Å². The molecule has 18 heavy (non-hydrogen) atoms. The Hall–Kier alpha value is -2.41. The summed E-state index contributed by atoms with van der Waals surface area (Å²) in [4.78, 5) is 8.13. The number of benzene rings is 1. The Labute approximate surface area is 106 Å². The van der Waals surface area contributed by atoms with E-state index >= 15 is 0 Å². The van der Waals surface area contributed by atoms with Crippen LogP contribution in [0.15, 0.2) is 36.7 Å². The molecule has 1 aromatic carbocycles. The van der Waals surface area contributed by atoms with E-state index in [2.05, 4.69) is 35.2 Å². The van der Waals surface area contributed by atoms with Crippen molar-refractivity contribution in [2.45, 2.75) is 19.8 Å². The molecule has 0 saturated carbocycles. The lowest BCUT2D eigenvalue weighted by atomic mass is 10.0. The lowest BCUT2D eigenvalue weighted by Crippen LogP contribution is -2.00. The number of hydrogen-bond donors (Lipinski definition) is 1. The van der Waals surface area contributed by atoms with Gasteiger partial charge in [0.05, 0.1) is 12.4 Å². The van der Waals surface area contributed by atoms with Gasteiger partial charge in [-0.25, -0.2) is 9.97 Å². The van der Waals surface area contributed by atoms with Gasteiger partial charge in [0, 0.05) is 5.69 Å². The van der Waals surface area contributed by atoms with Crippen molar-refractivity contribution in [3.63, 3.8) is 0 Å². The summed E-state index contributed by atoms with van der Waals surface area (Å²) in [5.41, 5.74) is 2.56. The van der Waals surface area contributed by atoms with Crippen LogP contribution in [0.2, 0.25) is 0 Å². The second kappa shape index (κ2) is 5.28. The summed E-state index contributed by atoms with van der Waals surface area (Å²) in [5.74, 6) is 1.07. The average molecular weight is 238 g/mol. The van der Waals surface area contributed by atoms with Crippen LogP contribution in [0.1, 0.15) is 31.0 Å². The second-order valence-corrected chi connectivity index (χ2v) is 4.27. The SMILES string of the molecule is CC(C)c1ccccc1Nc1cnc(C#N)cn1. The molecule has 0 amide bonds. The van der Waals surface area contributed by atoms with E-state index in [9.17, 15) is 0 Å². The number of nitrogens with zero attached hydrogens (tertiary/aromatic N) is 3. The fourth-order valence-corrected chi connectivity index (χ4v) is 1.70. The van der Waals surface area contributed by atoms with Gasteiger partial charge in [-0.15, -0.1) is 0 Å². The summed E-state index contributed by atoms with van der Waals surface area (Å²) in [6, 6.07) is 10.0. The van der Waals surface area contributed by atoms with E-state index in [1.165, 1.54) is 11.8 Å². The fraction of sp³-hybridized carbons (Fsp3) is 0.214. The zero-order chi connectivity index (χ0) is 13.0. The molecular weight excluding hydrogens is 224 g/mol. The van der Waals surface area contributed by atoms with Gasteiger partial charge in [0.2, 0.25) is 0 Å². The van der Waals surface area contributed by atoms with Crippen molar-refractivity contribution in [3.05, 3.63) is 47.9 Å². The number of hydrogen-bond acceptors (Lipinski definition) is 4. The molecule has 4 heteroatoms. The van der Waals surface area contributed by atoms with Crippen molar-refractivity contribution in [1.82, 2.24) is 9.97 Å². The fourth-order valence-electron chi connectivity index (χ4n) is 1.70. The summed E-state index contributed by atoms with van der Waals surface area (Å²) in [7, 11) is 0. The first-order valence-electron chi connectivity index (χ1n) is 5.79. The number of nitriles is 1. The van der Waals surface area contributed by atoms with E-state index in [4.69, 9.17) is 5.26 Å². The third kappa shape index (κ3) is 2.64. The van der Waals surface area contributed by atoms with Crippen molar-refractivity contribution in [2.75, 3.05) is 5.32 Å². The summed E-state index contributed by atoms with van der Waals surface area (Å²) in [6.45, 7) is 4.29. The molecule has 1 aromatic heterocycles. The zero-order valence-electron chi connectivity index (χ0n) is 10.4. The zero-order valence-corrected chi connectivity index (χ0v) is 10.4.